The number of benzene rings is 1. The minimum Gasteiger partial charge on any atom is -0.372 e. The van der Waals surface area contributed by atoms with Crippen molar-refractivity contribution in [2.75, 3.05) is 13.2 Å². The molecule has 2 nitrogen and oxygen atoms in total. The van der Waals surface area contributed by atoms with Crippen molar-refractivity contribution >= 4 is 11.6 Å². The van der Waals surface area contributed by atoms with Gasteiger partial charge >= 0.3 is 0 Å². The predicted molar refractivity (Wildman–Crippen MR) is 92.0 cm³/mol. The summed E-state index contributed by atoms with van der Waals surface area (Å²) < 4.78 is 6.09. The first-order valence-corrected chi connectivity index (χ1v) is 8.61. The third-order valence-corrected chi connectivity index (χ3v) is 3.77. The number of unbranched alkanes of at least 4 members (excludes halogenated alkanes) is 4. The van der Waals surface area contributed by atoms with E-state index in [9.17, 15) is 0 Å². The second-order valence-corrected chi connectivity index (χ2v) is 6.32. The van der Waals surface area contributed by atoms with Crippen molar-refractivity contribution in [2.24, 2.45) is 0 Å². The fourth-order valence-corrected chi connectivity index (χ4v) is 2.35. The Balaban J connectivity index is 2.42. The third-order valence-electron chi connectivity index (χ3n) is 3.52. The molecule has 3 heteroatoms. The molecule has 0 radical (unpaired) electrons. The van der Waals surface area contributed by atoms with E-state index in [2.05, 4.69) is 38.2 Å². The zero-order valence-corrected chi connectivity index (χ0v) is 14.5. The molecule has 0 aliphatic carbocycles. The summed E-state index contributed by atoms with van der Waals surface area (Å²) in [7, 11) is 0. The fraction of sp³-hybridized carbons (Fsp3) is 0.667. The highest BCUT2D eigenvalue weighted by Gasteiger charge is 2.12. The zero-order chi connectivity index (χ0) is 15.5. The molecule has 1 unspecified atom stereocenters. The van der Waals surface area contributed by atoms with Crippen molar-refractivity contribution in [3.8, 4) is 0 Å². The Morgan fingerprint density at radius 2 is 1.71 bits per heavy atom. The molecular weight excluding hydrogens is 282 g/mol. The number of nitrogens with one attached hydrogen (secondary N) is 1. The lowest BCUT2D eigenvalue weighted by Gasteiger charge is -2.20. The average Bonchev–Trinajstić information content (AvgIpc) is 2.46. The normalized spacial score (nSPS) is 12.8. The number of hydrogen-bond donors (Lipinski definition) is 1. The molecule has 1 rings (SSSR count). The molecule has 1 N–H and O–H groups in total. The third kappa shape index (κ3) is 8.45. The van der Waals surface area contributed by atoms with Gasteiger partial charge in [0, 0.05) is 24.2 Å². The molecule has 1 aromatic carbocycles. The van der Waals surface area contributed by atoms with Gasteiger partial charge in [-0.2, -0.15) is 0 Å². The van der Waals surface area contributed by atoms with Crippen LogP contribution in [0.3, 0.4) is 0 Å². The standard InChI is InChI=1S/C18H30ClNO/c1-4-5-6-7-8-13-21-18(14-20-15(2)3)16-9-11-17(19)12-10-16/h9-12,15,18,20H,4-8,13-14H2,1-3H3. The monoisotopic (exact) mass is 311 g/mol. The van der Waals surface area contributed by atoms with E-state index < -0.39 is 0 Å². The Kier molecular flexibility index (Phi) is 9.73. The van der Waals surface area contributed by atoms with Gasteiger partial charge in [0.1, 0.15) is 0 Å². The van der Waals surface area contributed by atoms with Crippen molar-refractivity contribution in [3.63, 3.8) is 0 Å². The van der Waals surface area contributed by atoms with Gasteiger partial charge in [-0.15, -0.1) is 0 Å². The maximum absolute atomic E-state index is 6.09. The Morgan fingerprint density at radius 3 is 2.33 bits per heavy atom. The van der Waals surface area contributed by atoms with Gasteiger partial charge in [0.05, 0.1) is 6.10 Å². The van der Waals surface area contributed by atoms with E-state index in [1.165, 1.54) is 31.2 Å². The first-order chi connectivity index (χ1) is 10.1. The van der Waals surface area contributed by atoms with Crippen LogP contribution in [0.1, 0.15) is 64.5 Å². The van der Waals surface area contributed by atoms with Gasteiger partial charge in [0.25, 0.3) is 0 Å². The fourth-order valence-electron chi connectivity index (χ4n) is 2.22. The van der Waals surface area contributed by atoms with Crippen LogP contribution in [-0.2, 0) is 4.74 Å². The SMILES string of the molecule is CCCCCCCOC(CNC(C)C)c1ccc(Cl)cc1. The van der Waals surface area contributed by atoms with E-state index in [4.69, 9.17) is 16.3 Å². The molecule has 0 aliphatic rings. The largest absolute Gasteiger partial charge is 0.372 e. The molecule has 0 aliphatic heterocycles. The molecule has 21 heavy (non-hydrogen) atoms. The van der Waals surface area contributed by atoms with Crippen LogP contribution >= 0.6 is 11.6 Å². The lowest BCUT2D eigenvalue weighted by molar-refractivity contribution is 0.0485. The molecule has 120 valence electrons. The van der Waals surface area contributed by atoms with E-state index in [1.807, 2.05) is 12.1 Å². The summed E-state index contributed by atoms with van der Waals surface area (Å²) in [5.74, 6) is 0. The van der Waals surface area contributed by atoms with E-state index in [-0.39, 0.29) is 6.10 Å². The minimum atomic E-state index is 0.107. The highest BCUT2D eigenvalue weighted by atomic mass is 35.5. The number of rotatable bonds is 11. The summed E-state index contributed by atoms with van der Waals surface area (Å²) in [4.78, 5) is 0. The molecule has 0 aromatic heterocycles. The molecule has 0 saturated heterocycles. The van der Waals surface area contributed by atoms with Crippen LogP contribution in [0, 0.1) is 0 Å². The molecule has 0 bridgehead atoms. The van der Waals surface area contributed by atoms with Crippen molar-refractivity contribution in [2.45, 2.75) is 65.0 Å². The van der Waals surface area contributed by atoms with Crippen LogP contribution < -0.4 is 5.32 Å². The highest BCUT2D eigenvalue weighted by Crippen LogP contribution is 2.20. The molecule has 1 aromatic rings. The summed E-state index contributed by atoms with van der Waals surface area (Å²) in [6.45, 7) is 8.23. The molecule has 0 heterocycles. The highest BCUT2D eigenvalue weighted by molar-refractivity contribution is 6.30. The van der Waals surface area contributed by atoms with Crippen molar-refractivity contribution in [1.29, 1.82) is 0 Å². The van der Waals surface area contributed by atoms with Gasteiger partial charge in [0.15, 0.2) is 0 Å². The van der Waals surface area contributed by atoms with Crippen LogP contribution in [0.25, 0.3) is 0 Å². The Bertz CT molecular complexity index is 364. The maximum atomic E-state index is 6.09. The smallest absolute Gasteiger partial charge is 0.0949 e. The summed E-state index contributed by atoms with van der Waals surface area (Å²) in [6, 6.07) is 8.46. The molecule has 0 amide bonds. The molecule has 0 spiro atoms. The van der Waals surface area contributed by atoms with Gasteiger partial charge in [-0.3, -0.25) is 0 Å². The summed E-state index contributed by atoms with van der Waals surface area (Å²) in [5, 5.41) is 4.23. The summed E-state index contributed by atoms with van der Waals surface area (Å²) in [6.07, 6.45) is 6.44. The van der Waals surface area contributed by atoms with E-state index in [1.54, 1.807) is 0 Å². The first-order valence-electron chi connectivity index (χ1n) is 8.24. The zero-order valence-electron chi connectivity index (χ0n) is 13.7. The Labute approximate surface area is 135 Å². The quantitative estimate of drug-likeness (QED) is 0.555. The molecule has 0 saturated carbocycles. The molecule has 1 atom stereocenters. The maximum Gasteiger partial charge on any atom is 0.0949 e. The van der Waals surface area contributed by atoms with E-state index >= 15 is 0 Å². The predicted octanol–water partition coefficient (Wildman–Crippen LogP) is 5.37. The first kappa shape index (κ1) is 18.5. The lowest BCUT2D eigenvalue weighted by Crippen LogP contribution is -2.29. The van der Waals surface area contributed by atoms with Gasteiger partial charge in [-0.05, 0) is 24.1 Å². The van der Waals surface area contributed by atoms with Crippen molar-refractivity contribution in [3.05, 3.63) is 34.9 Å². The second kappa shape index (κ2) is 11.1. The van der Waals surface area contributed by atoms with Gasteiger partial charge in [-0.1, -0.05) is 70.2 Å². The van der Waals surface area contributed by atoms with Gasteiger partial charge in [0.2, 0.25) is 0 Å². The average molecular weight is 312 g/mol. The van der Waals surface area contributed by atoms with Crippen molar-refractivity contribution in [1.82, 2.24) is 5.32 Å². The topological polar surface area (TPSA) is 21.3 Å². The van der Waals surface area contributed by atoms with Crippen LogP contribution in [0.2, 0.25) is 5.02 Å². The number of ether oxygens (including phenoxy) is 1. The summed E-state index contributed by atoms with van der Waals surface area (Å²) >= 11 is 5.96. The van der Waals surface area contributed by atoms with Crippen LogP contribution in [-0.4, -0.2) is 19.2 Å². The van der Waals surface area contributed by atoms with Crippen molar-refractivity contribution < 1.29 is 4.74 Å². The van der Waals surface area contributed by atoms with Crippen LogP contribution in [0.4, 0.5) is 0 Å². The minimum absolute atomic E-state index is 0.107. The Morgan fingerprint density at radius 1 is 1.05 bits per heavy atom. The number of halogens is 1. The van der Waals surface area contributed by atoms with E-state index in [0.29, 0.717) is 6.04 Å². The number of hydrogen-bond acceptors (Lipinski definition) is 2. The second-order valence-electron chi connectivity index (χ2n) is 5.89. The molecular formula is C18H30ClNO. The molecule has 0 fully saturated rings. The van der Waals surface area contributed by atoms with Crippen LogP contribution in [0.5, 0.6) is 0 Å². The lowest BCUT2D eigenvalue weighted by atomic mass is 10.1. The van der Waals surface area contributed by atoms with Gasteiger partial charge in [-0.25, -0.2) is 0 Å². The Hall–Kier alpha value is -0.570. The van der Waals surface area contributed by atoms with Crippen LogP contribution in [0.15, 0.2) is 24.3 Å². The van der Waals surface area contributed by atoms with Gasteiger partial charge < -0.3 is 10.1 Å². The van der Waals surface area contributed by atoms with E-state index in [0.717, 1.165) is 24.6 Å². The summed E-state index contributed by atoms with van der Waals surface area (Å²) in [5.41, 5.74) is 1.20.